The van der Waals surface area contributed by atoms with Gasteiger partial charge in [0.15, 0.2) is 0 Å². The first kappa shape index (κ1) is 15.8. The van der Waals surface area contributed by atoms with Gasteiger partial charge in [-0.05, 0) is 45.2 Å². The number of hydrogen-bond acceptors (Lipinski definition) is 3. The molecule has 1 heterocycles. The van der Waals surface area contributed by atoms with Crippen LogP contribution in [-0.2, 0) is 4.79 Å². The Bertz CT molecular complexity index is 515. The van der Waals surface area contributed by atoms with Crippen molar-refractivity contribution in [1.82, 2.24) is 10.6 Å². The Hall–Kier alpha value is -1.56. The van der Waals surface area contributed by atoms with E-state index >= 15 is 0 Å². The molecular formula is C15H22N2O3S. The first-order valence-corrected chi connectivity index (χ1v) is 8.13. The molecule has 1 aromatic heterocycles. The summed E-state index contributed by atoms with van der Waals surface area (Å²) in [6.45, 7) is 3.99. The van der Waals surface area contributed by atoms with Crippen LogP contribution < -0.4 is 10.6 Å². The SMILES string of the molecule is Cc1ccc(C(C)NC(=O)NC2CCCC(C(=O)O)C2)s1. The largest absolute Gasteiger partial charge is 0.481 e. The van der Waals surface area contributed by atoms with Crippen LogP contribution in [0, 0.1) is 12.8 Å². The lowest BCUT2D eigenvalue weighted by Crippen LogP contribution is -2.45. The summed E-state index contributed by atoms with van der Waals surface area (Å²) in [5.74, 6) is -1.09. The molecule has 3 atom stereocenters. The highest BCUT2D eigenvalue weighted by Crippen LogP contribution is 2.25. The maximum Gasteiger partial charge on any atom is 0.315 e. The topological polar surface area (TPSA) is 78.4 Å². The van der Waals surface area contributed by atoms with E-state index in [1.807, 2.05) is 26.0 Å². The summed E-state index contributed by atoms with van der Waals surface area (Å²) in [6.07, 6.45) is 2.93. The maximum absolute atomic E-state index is 12.0. The van der Waals surface area contributed by atoms with Gasteiger partial charge < -0.3 is 15.7 Å². The quantitative estimate of drug-likeness (QED) is 0.799. The fourth-order valence-corrected chi connectivity index (χ4v) is 3.61. The maximum atomic E-state index is 12.0. The van der Waals surface area contributed by atoms with Crippen molar-refractivity contribution >= 4 is 23.3 Å². The van der Waals surface area contributed by atoms with E-state index in [1.165, 1.54) is 4.88 Å². The van der Waals surface area contributed by atoms with E-state index in [9.17, 15) is 9.59 Å². The van der Waals surface area contributed by atoms with Gasteiger partial charge in [0.1, 0.15) is 0 Å². The van der Waals surface area contributed by atoms with E-state index < -0.39 is 5.97 Å². The van der Waals surface area contributed by atoms with Gasteiger partial charge in [0.05, 0.1) is 12.0 Å². The molecule has 0 aromatic carbocycles. The zero-order valence-electron chi connectivity index (χ0n) is 12.4. The highest BCUT2D eigenvalue weighted by molar-refractivity contribution is 7.12. The van der Waals surface area contributed by atoms with Crippen LogP contribution in [-0.4, -0.2) is 23.1 Å². The van der Waals surface area contributed by atoms with Crippen LogP contribution in [0.5, 0.6) is 0 Å². The van der Waals surface area contributed by atoms with Crippen molar-refractivity contribution in [1.29, 1.82) is 0 Å². The van der Waals surface area contributed by atoms with Crippen molar-refractivity contribution in [3.8, 4) is 0 Å². The molecule has 5 nitrogen and oxygen atoms in total. The number of amides is 2. The summed E-state index contributed by atoms with van der Waals surface area (Å²) >= 11 is 1.67. The number of hydrogen-bond donors (Lipinski definition) is 3. The Labute approximate surface area is 128 Å². The Kier molecular flexibility index (Phi) is 5.22. The number of aryl methyl sites for hydroxylation is 1. The zero-order chi connectivity index (χ0) is 15.4. The van der Waals surface area contributed by atoms with Gasteiger partial charge in [-0.3, -0.25) is 4.79 Å². The van der Waals surface area contributed by atoms with Gasteiger partial charge in [0.2, 0.25) is 0 Å². The average Bonchev–Trinajstić information content (AvgIpc) is 2.85. The van der Waals surface area contributed by atoms with Crippen molar-refractivity contribution < 1.29 is 14.7 Å². The van der Waals surface area contributed by atoms with E-state index in [0.717, 1.165) is 17.7 Å². The molecule has 21 heavy (non-hydrogen) atoms. The van der Waals surface area contributed by atoms with Crippen molar-refractivity contribution in [2.24, 2.45) is 5.92 Å². The molecule has 1 fully saturated rings. The number of aliphatic carboxylic acids is 1. The summed E-state index contributed by atoms with van der Waals surface area (Å²) < 4.78 is 0. The predicted molar refractivity (Wildman–Crippen MR) is 82.5 cm³/mol. The first-order valence-electron chi connectivity index (χ1n) is 7.32. The smallest absolute Gasteiger partial charge is 0.315 e. The van der Waals surface area contributed by atoms with Gasteiger partial charge in [-0.2, -0.15) is 0 Å². The molecule has 1 aliphatic rings. The predicted octanol–water partition coefficient (Wildman–Crippen LogP) is 3.06. The van der Waals surface area contributed by atoms with Gasteiger partial charge in [-0.1, -0.05) is 6.42 Å². The van der Waals surface area contributed by atoms with Crippen molar-refractivity contribution in [3.05, 3.63) is 21.9 Å². The summed E-state index contributed by atoms with van der Waals surface area (Å²) in [4.78, 5) is 25.4. The Morgan fingerprint density at radius 3 is 2.76 bits per heavy atom. The molecule has 0 saturated heterocycles. The van der Waals surface area contributed by atoms with Crippen LogP contribution in [0.3, 0.4) is 0 Å². The lowest BCUT2D eigenvalue weighted by Gasteiger charge is -2.27. The molecular weight excluding hydrogens is 288 g/mol. The van der Waals surface area contributed by atoms with Crippen LogP contribution in [0.25, 0.3) is 0 Å². The van der Waals surface area contributed by atoms with Gasteiger partial charge in [-0.25, -0.2) is 4.79 Å². The number of carboxylic acids is 1. The molecule has 0 aliphatic heterocycles. The average molecular weight is 310 g/mol. The molecule has 0 radical (unpaired) electrons. The number of carbonyl (C=O) groups excluding carboxylic acids is 1. The van der Waals surface area contributed by atoms with Gasteiger partial charge in [0, 0.05) is 15.8 Å². The van der Waals surface area contributed by atoms with E-state index in [1.54, 1.807) is 11.3 Å². The van der Waals surface area contributed by atoms with E-state index in [2.05, 4.69) is 10.6 Å². The number of rotatable bonds is 4. The Morgan fingerprint density at radius 2 is 2.14 bits per heavy atom. The van der Waals surface area contributed by atoms with Crippen LogP contribution >= 0.6 is 11.3 Å². The minimum Gasteiger partial charge on any atom is -0.481 e. The molecule has 1 saturated carbocycles. The number of carbonyl (C=O) groups is 2. The fourth-order valence-electron chi connectivity index (χ4n) is 2.73. The van der Waals surface area contributed by atoms with Gasteiger partial charge in [-0.15, -0.1) is 11.3 Å². The van der Waals surface area contributed by atoms with E-state index in [-0.39, 0.29) is 24.0 Å². The van der Waals surface area contributed by atoms with Gasteiger partial charge in [0.25, 0.3) is 0 Å². The second-order valence-corrected chi connectivity index (χ2v) is 7.01. The lowest BCUT2D eigenvalue weighted by atomic mass is 9.86. The highest BCUT2D eigenvalue weighted by atomic mass is 32.1. The first-order chi connectivity index (χ1) is 9.95. The lowest BCUT2D eigenvalue weighted by molar-refractivity contribution is -0.143. The zero-order valence-corrected chi connectivity index (χ0v) is 13.2. The monoisotopic (exact) mass is 310 g/mol. The summed E-state index contributed by atoms with van der Waals surface area (Å²) in [5, 5.41) is 14.9. The normalized spacial score (nSPS) is 23.3. The second-order valence-electron chi connectivity index (χ2n) is 5.69. The Morgan fingerprint density at radius 1 is 1.38 bits per heavy atom. The highest BCUT2D eigenvalue weighted by Gasteiger charge is 2.28. The number of nitrogens with one attached hydrogen (secondary N) is 2. The third kappa shape index (κ3) is 4.46. The van der Waals surface area contributed by atoms with Crippen molar-refractivity contribution in [2.45, 2.75) is 51.6 Å². The molecule has 1 aliphatic carbocycles. The summed E-state index contributed by atoms with van der Waals surface area (Å²) in [5.41, 5.74) is 0. The molecule has 6 heteroatoms. The molecule has 1 aromatic rings. The van der Waals surface area contributed by atoms with Crippen LogP contribution in [0.4, 0.5) is 4.79 Å². The summed E-state index contributed by atoms with van der Waals surface area (Å²) in [7, 11) is 0. The molecule has 0 bridgehead atoms. The van der Waals surface area contributed by atoms with Gasteiger partial charge >= 0.3 is 12.0 Å². The molecule has 3 unspecified atom stereocenters. The third-order valence-corrected chi connectivity index (χ3v) is 5.08. The number of thiophene rings is 1. The fraction of sp³-hybridized carbons (Fsp3) is 0.600. The minimum absolute atomic E-state index is 0.0393. The van der Waals surface area contributed by atoms with Crippen molar-refractivity contribution in [2.75, 3.05) is 0 Å². The van der Waals surface area contributed by atoms with Crippen LogP contribution in [0.2, 0.25) is 0 Å². The molecule has 2 amide bonds. The molecule has 0 spiro atoms. The summed E-state index contributed by atoms with van der Waals surface area (Å²) in [6, 6.07) is 3.75. The molecule has 2 rings (SSSR count). The Balaban J connectivity index is 1.82. The minimum atomic E-state index is -0.760. The molecule has 116 valence electrons. The number of urea groups is 1. The molecule has 3 N–H and O–H groups in total. The standard InChI is InChI=1S/C15H22N2O3S/c1-9-6-7-13(21-9)10(2)16-15(20)17-12-5-3-4-11(8-12)14(18)19/h6-7,10-12H,3-5,8H2,1-2H3,(H,18,19)(H2,16,17,20). The number of carboxylic acid groups (broad SMARTS) is 1. The van der Waals surface area contributed by atoms with Crippen LogP contribution in [0.1, 0.15) is 48.4 Å². The van der Waals surface area contributed by atoms with Crippen molar-refractivity contribution in [3.63, 3.8) is 0 Å². The second kappa shape index (κ2) is 6.93. The van der Waals surface area contributed by atoms with E-state index in [4.69, 9.17) is 5.11 Å². The third-order valence-electron chi connectivity index (χ3n) is 3.89. The van der Waals surface area contributed by atoms with Crippen LogP contribution in [0.15, 0.2) is 12.1 Å². The van der Waals surface area contributed by atoms with E-state index in [0.29, 0.717) is 12.8 Å².